The summed E-state index contributed by atoms with van der Waals surface area (Å²) in [5.74, 6) is 1.01. The largest absolute Gasteiger partial charge is 0.351 e. The highest BCUT2D eigenvalue weighted by Crippen LogP contribution is 2.33. The van der Waals surface area contributed by atoms with Crippen molar-refractivity contribution in [2.75, 3.05) is 12.3 Å². The van der Waals surface area contributed by atoms with Crippen LogP contribution < -0.4 is 11.1 Å². The van der Waals surface area contributed by atoms with Crippen molar-refractivity contribution in [1.82, 2.24) is 9.88 Å². The number of nitrogens with two attached hydrogens (primary N) is 1. The lowest BCUT2D eigenvalue weighted by molar-refractivity contribution is -0.121. The van der Waals surface area contributed by atoms with E-state index >= 15 is 0 Å². The van der Waals surface area contributed by atoms with Crippen molar-refractivity contribution >= 4 is 28.6 Å². The summed E-state index contributed by atoms with van der Waals surface area (Å²) in [6.07, 6.45) is 3.01. The number of hydrogen-bond donors (Lipinski definition) is 2. The van der Waals surface area contributed by atoms with E-state index in [9.17, 15) is 4.79 Å². The van der Waals surface area contributed by atoms with Gasteiger partial charge in [-0.05, 0) is 47.4 Å². The van der Waals surface area contributed by atoms with Gasteiger partial charge in [-0.25, -0.2) is 0 Å². The van der Waals surface area contributed by atoms with Gasteiger partial charge in [-0.15, -0.1) is 11.8 Å². The molecule has 0 saturated carbocycles. The Morgan fingerprint density at radius 2 is 1.92 bits per heavy atom. The Balaban J connectivity index is 1.61. The highest BCUT2D eigenvalue weighted by atomic mass is 32.2. The number of para-hydroxylation sites is 1. The Labute approximate surface area is 151 Å². The summed E-state index contributed by atoms with van der Waals surface area (Å²) in [5, 5.41) is 4.11. The van der Waals surface area contributed by atoms with Crippen molar-refractivity contribution in [3.63, 3.8) is 0 Å². The van der Waals surface area contributed by atoms with E-state index in [0.717, 1.165) is 23.4 Å². The van der Waals surface area contributed by atoms with Crippen LogP contribution in [0.3, 0.4) is 0 Å². The van der Waals surface area contributed by atoms with Crippen LogP contribution in [0.1, 0.15) is 17.2 Å². The molecular formula is C20H21N3OS. The third-order valence-electron chi connectivity index (χ3n) is 4.69. The predicted molar refractivity (Wildman–Crippen MR) is 104 cm³/mol. The van der Waals surface area contributed by atoms with E-state index in [0.29, 0.717) is 6.54 Å². The molecule has 1 aliphatic heterocycles. The van der Waals surface area contributed by atoms with Crippen molar-refractivity contribution in [2.45, 2.75) is 17.7 Å². The van der Waals surface area contributed by atoms with Gasteiger partial charge in [0.15, 0.2) is 0 Å². The Morgan fingerprint density at radius 1 is 1.12 bits per heavy atom. The number of amides is 1. The van der Waals surface area contributed by atoms with Crippen LogP contribution in [0.4, 0.5) is 0 Å². The Hall–Kier alpha value is -2.24. The third-order valence-corrected chi connectivity index (χ3v) is 5.98. The molecule has 4 rings (SSSR count). The highest BCUT2D eigenvalue weighted by molar-refractivity contribution is 8.00. The second kappa shape index (κ2) is 6.94. The van der Waals surface area contributed by atoms with Crippen LogP contribution in [0.2, 0.25) is 0 Å². The molecule has 128 valence electrons. The fourth-order valence-electron chi connectivity index (χ4n) is 3.30. The van der Waals surface area contributed by atoms with Gasteiger partial charge >= 0.3 is 0 Å². The summed E-state index contributed by atoms with van der Waals surface area (Å²) in [5.41, 5.74) is 9.04. The van der Waals surface area contributed by atoms with Crippen molar-refractivity contribution in [3.8, 4) is 5.69 Å². The highest BCUT2D eigenvalue weighted by Gasteiger charge is 2.26. The molecule has 3 N–H and O–H groups in total. The molecule has 4 nitrogen and oxygen atoms in total. The van der Waals surface area contributed by atoms with Gasteiger partial charge in [0.1, 0.15) is 5.25 Å². The van der Waals surface area contributed by atoms with Crippen LogP contribution >= 0.6 is 11.8 Å². The average molecular weight is 351 g/mol. The quantitative estimate of drug-likeness (QED) is 0.761. The molecule has 1 fully saturated rings. The predicted octanol–water partition coefficient (Wildman–Crippen LogP) is 3.25. The molecule has 0 radical (unpaired) electrons. The third kappa shape index (κ3) is 3.17. The van der Waals surface area contributed by atoms with Gasteiger partial charge in [0.2, 0.25) is 5.91 Å². The van der Waals surface area contributed by atoms with Crippen LogP contribution in [0.25, 0.3) is 16.6 Å². The summed E-state index contributed by atoms with van der Waals surface area (Å²) >= 11 is 1.70. The molecule has 0 aliphatic carbocycles. The number of nitrogens with one attached hydrogen (secondary N) is 1. The molecule has 5 heteroatoms. The van der Waals surface area contributed by atoms with E-state index in [1.165, 1.54) is 10.9 Å². The van der Waals surface area contributed by atoms with Crippen LogP contribution in [-0.4, -0.2) is 28.8 Å². The fraction of sp³-hybridized carbons (Fsp3) is 0.250. The van der Waals surface area contributed by atoms with E-state index in [1.54, 1.807) is 11.8 Å². The molecular weight excluding hydrogens is 330 g/mol. The minimum Gasteiger partial charge on any atom is -0.351 e. The minimum absolute atomic E-state index is 0.0668. The summed E-state index contributed by atoms with van der Waals surface area (Å²) < 4.78 is 2.17. The molecule has 2 aromatic carbocycles. The number of aromatic nitrogens is 1. The molecule has 3 aromatic rings. The maximum atomic E-state index is 12.5. The van der Waals surface area contributed by atoms with E-state index in [2.05, 4.69) is 58.5 Å². The SMILES string of the molecule is NC[C@@H]1CCS[C@H](c2ccc(-n3ccc4ccccc43)cc2)C(=O)N1. The van der Waals surface area contributed by atoms with Gasteiger partial charge in [0, 0.05) is 24.5 Å². The van der Waals surface area contributed by atoms with Gasteiger partial charge in [-0.2, -0.15) is 0 Å². The first kappa shape index (κ1) is 16.2. The second-order valence-corrected chi connectivity index (χ2v) is 7.53. The van der Waals surface area contributed by atoms with E-state index < -0.39 is 0 Å². The number of thioether (sulfide) groups is 1. The van der Waals surface area contributed by atoms with Crippen molar-refractivity contribution in [2.24, 2.45) is 5.73 Å². The first-order valence-electron chi connectivity index (χ1n) is 8.55. The van der Waals surface area contributed by atoms with Gasteiger partial charge < -0.3 is 15.6 Å². The molecule has 1 aromatic heterocycles. The minimum atomic E-state index is -0.160. The molecule has 0 bridgehead atoms. The fourth-order valence-corrected chi connectivity index (χ4v) is 4.52. The van der Waals surface area contributed by atoms with Crippen molar-refractivity contribution in [1.29, 1.82) is 0 Å². The van der Waals surface area contributed by atoms with E-state index in [1.807, 2.05) is 12.1 Å². The number of carbonyl (C=O) groups excluding carboxylic acids is 1. The summed E-state index contributed by atoms with van der Waals surface area (Å²) in [7, 11) is 0. The number of fused-ring (bicyclic) bond motifs is 1. The zero-order valence-electron chi connectivity index (χ0n) is 13.9. The van der Waals surface area contributed by atoms with E-state index in [-0.39, 0.29) is 17.2 Å². The number of rotatable bonds is 3. The molecule has 2 heterocycles. The summed E-state index contributed by atoms with van der Waals surface area (Å²) in [4.78, 5) is 12.5. The topological polar surface area (TPSA) is 60.0 Å². The van der Waals surface area contributed by atoms with Crippen molar-refractivity contribution in [3.05, 3.63) is 66.4 Å². The molecule has 0 unspecified atom stereocenters. The second-order valence-electron chi connectivity index (χ2n) is 6.32. The smallest absolute Gasteiger partial charge is 0.237 e. The number of hydrogen-bond acceptors (Lipinski definition) is 3. The van der Waals surface area contributed by atoms with Gasteiger partial charge in [-0.1, -0.05) is 30.3 Å². The van der Waals surface area contributed by atoms with Gasteiger partial charge in [-0.3, -0.25) is 4.79 Å². The van der Waals surface area contributed by atoms with Gasteiger partial charge in [0.25, 0.3) is 0 Å². The maximum absolute atomic E-state index is 12.5. The monoisotopic (exact) mass is 351 g/mol. The molecule has 25 heavy (non-hydrogen) atoms. The Morgan fingerprint density at radius 3 is 2.72 bits per heavy atom. The maximum Gasteiger partial charge on any atom is 0.237 e. The Kier molecular flexibility index (Phi) is 4.51. The number of benzene rings is 2. The Bertz CT molecular complexity index is 887. The first-order chi connectivity index (χ1) is 12.3. The molecule has 1 amide bonds. The number of nitrogens with zero attached hydrogens (tertiary/aromatic N) is 1. The lowest BCUT2D eigenvalue weighted by Gasteiger charge is -2.16. The van der Waals surface area contributed by atoms with Crippen LogP contribution in [0.15, 0.2) is 60.8 Å². The molecule has 1 saturated heterocycles. The zero-order valence-corrected chi connectivity index (χ0v) is 14.7. The van der Waals surface area contributed by atoms with Crippen LogP contribution in [0, 0.1) is 0 Å². The standard InChI is InChI=1S/C20H21N3OS/c21-13-16-10-12-25-19(20(24)22-16)15-5-7-17(8-6-15)23-11-9-14-3-1-2-4-18(14)23/h1-9,11,16,19H,10,12-13,21H2,(H,22,24)/t16-,19+/m0/s1. The zero-order chi connectivity index (χ0) is 17.2. The normalized spacial score (nSPS) is 21.1. The molecule has 2 atom stereocenters. The van der Waals surface area contributed by atoms with E-state index in [4.69, 9.17) is 5.73 Å². The summed E-state index contributed by atoms with van der Waals surface area (Å²) in [6.45, 7) is 0.499. The molecule has 1 aliphatic rings. The lowest BCUT2D eigenvalue weighted by atomic mass is 10.1. The van der Waals surface area contributed by atoms with Gasteiger partial charge in [0.05, 0.1) is 5.52 Å². The average Bonchev–Trinajstić information content (AvgIpc) is 2.99. The van der Waals surface area contributed by atoms with Crippen molar-refractivity contribution < 1.29 is 4.79 Å². The van der Waals surface area contributed by atoms with Crippen LogP contribution in [0.5, 0.6) is 0 Å². The lowest BCUT2D eigenvalue weighted by Crippen LogP contribution is -2.40. The van der Waals surface area contributed by atoms with Crippen LogP contribution in [-0.2, 0) is 4.79 Å². The summed E-state index contributed by atoms with van der Waals surface area (Å²) in [6, 6.07) is 18.8. The molecule has 0 spiro atoms. The number of carbonyl (C=O) groups is 1. The first-order valence-corrected chi connectivity index (χ1v) is 9.59.